The zero-order chi connectivity index (χ0) is 23.1. The number of nitrogens with zero attached hydrogens (tertiary/aromatic N) is 1. The van der Waals surface area contributed by atoms with Crippen molar-refractivity contribution in [2.45, 2.75) is 62.8 Å². The van der Waals surface area contributed by atoms with Crippen LogP contribution in [0.15, 0.2) is 53.5 Å². The number of fused-ring (bicyclic) bond motifs is 3. The van der Waals surface area contributed by atoms with Crippen LogP contribution in [0.1, 0.15) is 38.5 Å². The van der Waals surface area contributed by atoms with E-state index in [0.29, 0.717) is 35.5 Å². The third-order valence-corrected chi connectivity index (χ3v) is 7.25. The van der Waals surface area contributed by atoms with Gasteiger partial charge in [-0.25, -0.2) is 4.39 Å². The van der Waals surface area contributed by atoms with Gasteiger partial charge in [0.2, 0.25) is 0 Å². The van der Waals surface area contributed by atoms with Crippen LogP contribution in [0.25, 0.3) is 16.5 Å². The van der Waals surface area contributed by atoms with Crippen LogP contribution in [0.5, 0.6) is 11.5 Å². The number of hydrogen-bond donors (Lipinski definition) is 1. The van der Waals surface area contributed by atoms with E-state index in [0.717, 1.165) is 37.7 Å². The van der Waals surface area contributed by atoms with Gasteiger partial charge in [-0.2, -0.15) is 0 Å². The monoisotopic (exact) mass is 464 g/mol. The van der Waals surface area contributed by atoms with Crippen molar-refractivity contribution in [3.63, 3.8) is 0 Å². The molecule has 1 N–H and O–H groups in total. The molecule has 6 rings (SSSR count). The summed E-state index contributed by atoms with van der Waals surface area (Å²) in [6, 6.07) is 13.0. The van der Waals surface area contributed by atoms with Gasteiger partial charge in [0.05, 0.1) is 11.8 Å². The number of rotatable bonds is 6. The van der Waals surface area contributed by atoms with Crippen LogP contribution in [0, 0.1) is 5.82 Å². The van der Waals surface area contributed by atoms with E-state index in [9.17, 15) is 9.18 Å². The third kappa shape index (κ3) is 4.30. The lowest BCUT2D eigenvalue weighted by atomic mass is 10.0. The second kappa shape index (κ2) is 9.04. The molecule has 34 heavy (non-hydrogen) atoms. The summed E-state index contributed by atoms with van der Waals surface area (Å²) < 4.78 is 33.9. The van der Waals surface area contributed by atoms with Gasteiger partial charge in [-0.1, -0.05) is 0 Å². The standard InChI is InChI=1S/C27H29FN2O4/c28-25-15-20(5-8-26(25)34-23-13-18-3-4-19(14-23)29-18)30-10-9-17-12-21(6-7-24(17)27(30)31)33-16-22-2-1-11-32-22/h5-10,12,15,18-19,22-23,29H,1-4,11,13-14,16H2/t18-,19+,22-,23-/m1/s1. The molecule has 3 fully saturated rings. The lowest BCUT2D eigenvalue weighted by Crippen LogP contribution is -2.42. The van der Waals surface area contributed by atoms with Crippen molar-refractivity contribution in [3.05, 3.63) is 64.8 Å². The lowest BCUT2D eigenvalue weighted by Gasteiger charge is -2.29. The predicted octanol–water partition coefficient (Wildman–Crippen LogP) is 4.35. The van der Waals surface area contributed by atoms with Crippen LogP contribution >= 0.6 is 0 Å². The van der Waals surface area contributed by atoms with Gasteiger partial charge in [-0.05, 0) is 80.3 Å². The van der Waals surface area contributed by atoms with Crippen LogP contribution in [0.4, 0.5) is 4.39 Å². The molecule has 0 unspecified atom stereocenters. The van der Waals surface area contributed by atoms with Crippen molar-refractivity contribution in [1.82, 2.24) is 9.88 Å². The van der Waals surface area contributed by atoms with Gasteiger partial charge in [0.1, 0.15) is 18.5 Å². The third-order valence-electron chi connectivity index (χ3n) is 7.25. The van der Waals surface area contributed by atoms with E-state index < -0.39 is 5.82 Å². The van der Waals surface area contributed by atoms with Crippen molar-refractivity contribution in [2.75, 3.05) is 13.2 Å². The van der Waals surface area contributed by atoms with E-state index in [1.165, 1.54) is 23.5 Å². The van der Waals surface area contributed by atoms with Crippen molar-refractivity contribution in [3.8, 4) is 17.2 Å². The van der Waals surface area contributed by atoms with Gasteiger partial charge >= 0.3 is 0 Å². The Morgan fingerprint density at radius 3 is 2.68 bits per heavy atom. The highest BCUT2D eigenvalue weighted by Gasteiger charge is 2.34. The van der Waals surface area contributed by atoms with Crippen LogP contribution in [0.2, 0.25) is 0 Å². The molecule has 2 aromatic carbocycles. The first-order valence-electron chi connectivity index (χ1n) is 12.2. The fourth-order valence-corrected chi connectivity index (χ4v) is 5.50. The summed E-state index contributed by atoms with van der Waals surface area (Å²) in [4.78, 5) is 13.1. The van der Waals surface area contributed by atoms with E-state index in [1.807, 2.05) is 12.1 Å². The lowest BCUT2D eigenvalue weighted by molar-refractivity contribution is 0.0680. The normalized spacial score (nSPS) is 26.1. The second-order valence-electron chi connectivity index (χ2n) is 9.65. The summed E-state index contributed by atoms with van der Waals surface area (Å²) in [5, 5.41) is 4.91. The topological polar surface area (TPSA) is 61.7 Å². The smallest absolute Gasteiger partial charge is 0.262 e. The summed E-state index contributed by atoms with van der Waals surface area (Å²) in [6.07, 6.45) is 8.06. The molecule has 3 aromatic rings. The number of piperidine rings is 1. The molecule has 0 radical (unpaired) electrons. The number of ether oxygens (including phenoxy) is 3. The molecule has 2 bridgehead atoms. The highest BCUT2D eigenvalue weighted by molar-refractivity contribution is 5.83. The maximum atomic E-state index is 14.9. The first-order chi connectivity index (χ1) is 16.6. The van der Waals surface area contributed by atoms with Crippen LogP contribution in [-0.4, -0.2) is 42.1 Å². The predicted molar refractivity (Wildman–Crippen MR) is 128 cm³/mol. The summed E-state index contributed by atoms with van der Waals surface area (Å²) in [6.45, 7) is 1.30. The average Bonchev–Trinajstić information content (AvgIpc) is 3.48. The van der Waals surface area contributed by atoms with Crippen molar-refractivity contribution in [1.29, 1.82) is 0 Å². The Kier molecular flexibility index (Phi) is 5.75. The minimum atomic E-state index is -0.451. The maximum absolute atomic E-state index is 14.9. The van der Waals surface area contributed by atoms with E-state index in [2.05, 4.69) is 5.32 Å². The van der Waals surface area contributed by atoms with E-state index in [4.69, 9.17) is 14.2 Å². The van der Waals surface area contributed by atoms with Crippen molar-refractivity contribution in [2.24, 2.45) is 0 Å². The quantitative estimate of drug-likeness (QED) is 0.588. The molecular formula is C27H29FN2O4. The number of aromatic nitrogens is 1. The van der Waals surface area contributed by atoms with Crippen molar-refractivity contribution < 1.29 is 18.6 Å². The molecule has 1 aromatic heterocycles. The average molecular weight is 465 g/mol. The Morgan fingerprint density at radius 1 is 1.06 bits per heavy atom. The Hall–Kier alpha value is -2.90. The van der Waals surface area contributed by atoms with Gasteiger partial charge in [0.25, 0.3) is 5.56 Å². The molecule has 7 heteroatoms. The summed E-state index contributed by atoms with van der Waals surface area (Å²) in [7, 11) is 0. The van der Waals surface area contributed by atoms with Gasteiger partial charge in [0.15, 0.2) is 11.6 Å². The summed E-state index contributed by atoms with van der Waals surface area (Å²) >= 11 is 0. The first-order valence-corrected chi connectivity index (χ1v) is 12.2. The van der Waals surface area contributed by atoms with E-state index in [-0.39, 0.29) is 23.5 Å². The molecule has 3 aliphatic heterocycles. The molecule has 0 spiro atoms. The molecule has 178 valence electrons. The highest BCUT2D eigenvalue weighted by atomic mass is 19.1. The molecule has 0 saturated carbocycles. The molecule has 6 nitrogen and oxygen atoms in total. The Balaban J connectivity index is 1.20. The minimum Gasteiger partial charge on any atom is -0.491 e. The summed E-state index contributed by atoms with van der Waals surface area (Å²) in [5.74, 6) is 0.504. The highest BCUT2D eigenvalue weighted by Crippen LogP contribution is 2.31. The Labute approximate surface area is 197 Å². The SMILES string of the molecule is O=c1c2ccc(OC[C@H]3CCCO3)cc2ccn1-c1ccc(O[C@@H]2C[C@H]3CC[C@@H](C2)N3)c(F)c1. The van der Waals surface area contributed by atoms with E-state index in [1.54, 1.807) is 30.5 Å². The maximum Gasteiger partial charge on any atom is 0.262 e. The first kappa shape index (κ1) is 21.6. The number of halogens is 1. The molecular weight excluding hydrogens is 435 g/mol. The minimum absolute atomic E-state index is 0.0270. The number of pyridine rings is 1. The Morgan fingerprint density at radius 2 is 1.91 bits per heavy atom. The molecule has 4 heterocycles. The number of nitrogens with one attached hydrogen (secondary N) is 1. The molecule has 0 aliphatic carbocycles. The fraction of sp³-hybridized carbons (Fsp3) is 0.444. The molecule has 3 aliphatic rings. The molecule has 3 saturated heterocycles. The number of hydrogen-bond acceptors (Lipinski definition) is 5. The van der Waals surface area contributed by atoms with Gasteiger partial charge < -0.3 is 19.5 Å². The zero-order valence-electron chi connectivity index (χ0n) is 19.0. The zero-order valence-corrected chi connectivity index (χ0v) is 19.0. The van der Waals surface area contributed by atoms with Crippen LogP contribution < -0.4 is 20.3 Å². The van der Waals surface area contributed by atoms with E-state index >= 15 is 0 Å². The molecule has 4 atom stereocenters. The van der Waals surface area contributed by atoms with Crippen molar-refractivity contribution >= 4 is 10.8 Å². The Bertz CT molecular complexity index is 1240. The largest absolute Gasteiger partial charge is 0.491 e. The number of benzene rings is 2. The van der Waals surface area contributed by atoms with Crippen LogP contribution in [0.3, 0.4) is 0 Å². The van der Waals surface area contributed by atoms with Gasteiger partial charge in [-0.3, -0.25) is 9.36 Å². The second-order valence-corrected chi connectivity index (χ2v) is 9.65. The molecule has 0 amide bonds. The van der Waals surface area contributed by atoms with Gasteiger partial charge in [-0.15, -0.1) is 0 Å². The van der Waals surface area contributed by atoms with Crippen LogP contribution in [-0.2, 0) is 4.74 Å². The fourth-order valence-electron chi connectivity index (χ4n) is 5.50. The van der Waals surface area contributed by atoms with Gasteiger partial charge in [0, 0.05) is 36.3 Å². The summed E-state index contributed by atoms with van der Waals surface area (Å²) in [5.41, 5.74) is 0.270.